The lowest BCUT2D eigenvalue weighted by atomic mass is 10.1. The van der Waals surface area contributed by atoms with Crippen molar-refractivity contribution < 1.29 is 8.42 Å². The molecule has 1 atom stereocenters. The van der Waals surface area contributed by atoms with Crippen molar-refractivity contribution in [2.24, 2.45) is 0 Å². The summed E-state index contributed by atoms with van der Waals surface area (Å²) >= 11 is 1.63. The highest BCUT2D eigenvalue weighted by Crippen LogP contribution is 2.38. The third-order valence-electron chi connectivity index (χ3n) is 4.40. The first-order valence-corrected chi connectivity index (χ1v) is 10.0. The maximum atomic E-state index is 13.1. The highest BCUT2D eigenvalue weighted by molar-refractivity contribution is 7.89. The largest absolute Gasteiger partial charge is 0.243 e. The maximum Gasteiger partial charge on any atom is 0.243 e. The van der Waals surface area contributed by atoms with Gasteiger partial charge in [0, 0.05) is 11.4 Å². The number of fused-ring (bicyclic) bond motifs is 1. The minimum atomic E-state index is -3.47. The standard InChI is InChI=1S/C18H17NO2S2/c20-23(21,16-10-9-14-5-1-2-6-15(14)13-16)19-11-3-7-17(19)18-8-4-12-22-18/h1-2,4-6,8-10,12-13,17H,3,7,11H2. The number of benzene rings is 2. The zero-order valence-corrected chi connectivity index (χ0v) is 14.2. The fourth-order valence-electron chi connectivity index (χ4n) is 3.26. The van der Waals surface area contributed by atoms with E-state index in [1.807, 2.05) is 47.8 Å². The summed E-state index contributed by atoms with van der Waals surface area (Å²) in [7, 11) is -3.47. The summed E-state index contributed by atoms with van der Waals surface area (Å²) in [4.78, 5) is 1.52. The van der Waals surface area contributed by atoms with Crippen LogP contribution in [0.5, 0.6) is 0 Å². The van der Waals surface area contributed by atoms with Gasteiger partial charge < -0.3 is 0 Å². The summed E-state index contributed by atoms with van der Waals surface area (Å²) in [5, 5.41) is 4.03. The molecule has 2 heterocycles. The van der Waals surface area contributed by atoms with Gasteiger partial charge in [-0.1, -0.05) is 36.4 Å². The summed E-state index contributed by atoms with van der Waals surface area (Å²) in [5.74, 6) is 0. The molecule has 0 spiro atoms. The Morgan fingerprint density at radius 3 is 2.61 bits per heavy atom. The predicted molar refractivity (Wildman–Crippen MR) is 94.1 cm³/mol. The Labute approximate surface area is 140 Å². The topological polar surface area (TPSA) is 37.4 Å². The van der Waals surface area contributed by atoms with Gasteiger partial charge in [0.15, 0.2) is 0 Å². The third-order valence-corrected chi connectivity index (χ3v) is 7.28. The first-order valence-electron chi connectivity index (χ1n) is 7.70. The van der Waals surface area contributed by atoms with Crippen molar-refractivity contribution in [1.29, 1.82) is 0 Å². The molecule has 1 aliphatic heterocycles. The molecule has 0 saturated carbocycles. The fourth-order valence-corrected chi connectivity index (χ4v) is 5.91. The third kappa shape index (κ3) is 2.59. The monoisotopic (exact) mass is 343 g/mol. The minimum absolute atomic E-state index is 0.0218. The lowest BCUT2D eigenvalue weighted by molar-refractivity contribution is 0.401. The van der Waals surface area contributed by atoms with Crippen LogP contribution in [-0.4, -0.2) is 19.3 Å². The van der Waals surface area contributed by atoms with Gasteiger partial charge in [0.05, 0.1) is 10.9 Å². The Balaban J connectivity index is 1.76. The van der Waals surface area contributed by atoms with E-state index in [1.54, 1.807) is 27.8 Å². The Hall–Kier alpha value is -1.69. The zero-order chi connectivity index (χ0) is 15.9. The highest BCUT2D eigenvalue weighted by Gasteiger charge is 2.36. The van der Waals surface area contributed by atoms with Gasteiger partial charge in [0.25, 0.3) is 0 Å². The summed E-state index contributed by atoms with van der Waals surface area (Å²) in [6, 6.07) is 17.2. The van der Waals surface area contributed by atoms with Gasteiger partial charge in [-0.2, -0.15) is 4.31 Å². The van der Waals surface area contributed by atoms with Crippen molar-refractivity contribution in [3.8, 4) is 0 Å². The first kappa shape index (κ1) is 14.9. The number of hydrogen-bond acceptors (Lipinski definition) is 3. The van der Waals surface area contributed by atoms with Crippen molar-refractivity contribution in [2.75, 3.05) is 6.54 Å². The van der Waals surface area contributed by atoms with E-state index in [0.29, 0.717) is 11.4 Å². The van der Waals surface area contributed by atoms with Crippen LogP contribution < -0.4 is 0 Å². The van der Waals surface area contributed by atoms with Gasteiger partial charge in [-0.3, -0.25) is 0 Å². The summed E-state index contributed by atoms with van der Waals surface area (Å²) < 4.78 is 27.9. The van der Waals surface area contributed by atoms with E-state index in [9.17, 15) is 8.42 Å². The second kappa shape index (κ2) is 5.74. The Bertz CT molecular complexity index is 933. The molecule has 0 bridgehead atoms. The van der Waals surface area contributed by atoms with E-state index in [2.05, 4.69) is 0 Å². The molecule has 2 aromatic carbocycles. The highest BCUT2D eigenvalue weighted by atomic mass is 32.2. The molecular formula is C18H17NO2S2. The quantitative estimate of drug-likeness (QED) is 0.705. The van der Waals surface area contributed by atoms with E-state index in [1.165, 1.54) is 0 Å². The molecule has 1 aliphatic rings. The van der Waals surface area contributed by atoms with Crippen LogP contribution in [0.15, 0.2) is 64.9 Å². The molecule has 1 aromatic heterocycles. The molecule has 0 radical (unpaired) electrons. The molecule has 1 unspecified atom stereocenters. The Morgan fingerprint density at radius 1 is 1.00 bits per heavy atom. The molecule has 3 aromatic rings. The summed E-state index contributed by atoms with van der Waals surface area (Å²) in [6.45, 7) is 0.595. The molecule has 5 heteroatoms. The van der Waals surface area contributed by atoms with E-state index >= 15 is 0 Å². The average molecular weight is 343 g/mol. The predicted octanol–water partition coefficient (Wildman–Crippen LogP) is 4.43. The first-order chi connectivity index (χ1) is 11.2. The molecule has 3 nitrogen and oxygen atoms in total. The SMILES string of the molecule is O=S(=O)(c1ccc2ccccc2c1)N1CCCC1c1cccs1. The van der Waals surface area contributed by atoms with Gasteiger partial charge in [0.1, 0.15) is 0 Å². The molecular weight excluding hydrogens is 326 g/mol. The molecule has 0 amide bonds. The number of nitrogens with zero attached hydrogens (tertiary/aromatic N) is 1. The van der Waals surface area contributed by atoms with Gasteiger partial charge >= 0.3 is 0 Å². The molecule has 23 heavy (non-hydrogen) atoms. The number of thiophene rings is 1. The maximum absolute atomic E-state index is 13.1. The summed E-state index contributed by atoms with van der Waals surface area (Å²) in [6.07, 6.45) is 1.81. The Kier molecular flexibility index (Phi) is 3.71. The zero-order valence-electron chi connectivity index (χ0n) is 12.6. The van der Waals surface area contributed by atoms with Gasteiger partial charge in [-0.05, 0) is 47.2 Å². The van der Waals surface area contributed by atoms with Crippen LogP contribution >= 0.6 is 11.3 Å². The molecule has 4 rings (SSSR count). The minimum Gasteiger partial charge on any atom is -0.207 e. The molecule has 0 N–H and O–H groups in total. The van der Waals surface area contributed by atoms with Gasteiger partial charge in [-0.25, -0.2) is 8.42 Å². The molecule has 118 valence electrons. The van der Waals surface area contributed by atoms with Crippen LogP contribution in [0.3, 0.4) is 0 Å². The fraction of sp³-hybridized carbons (Fsp3) is 0.222. The average Bonchev–Trinajstić information content (AvgIpc) is 3.25. The second-order valence-corrected chi connectivity index (χ2v) is 8.67. The van der Waals surface area contributed by atoms with E-state index in [4.69, 9.17) is 0 Å². The Morgan fingerprint density at radius 2 is 1.83 bits per heavy atom. The normalized spacial score (nSPS) is 19.4. The number of hydrogen-bond donors (Lipinski definition) is 0. The van der Waals surface area contributed by atoms with Crippen LogP contribution in [-0.2, 0) is 10.0 Å². The van der Waals surface area contributed by atoms with Crippen molar-refractivity contribution in [3.63, 3.8) is 0 Å². The van der Waals surface area contributed by atoms with Crippen LogP contribution in [0.4, 0.5) is 0 Å². The van der Waals surface area contributed by atoms with Crippen LogP contribution in [0, 0.1) is 0 Å². The van der Waals surface area contributed by atoms with Gasteiger partial charge in [0.2, 0.25) is 10.0 Å². The number of sulfonamides is 1. The van der Waals surface area contributed by atoms with E-state index in [0.717, 1.165) is 28.5 Å². The smallest absolute Gasteiger partial charge is 0.207 e. The van der Waals surface area contributed by atoms with Crippen LogP contribution in [0.2, 0.25) is 0 Å². The van der Waals surface area contributed by atoms with Crippen LogP contribution in [0.25, 0.3) is 10.8 Å². The molecule has 1 fully saturated rings. The van der Waals surface area contributed by atoms with Crippen molar-refractivity contribution in [2.45, 2.75) is 23.8 Å². The van der Waals surface area contributed by atoms with Crippen molar-refractivity contribution in [1.82, 2.24) is 4.31 Å². The van der Waals surface area contributed by atoms with Crippen molar-refractivity contribution >= 4 is 32.1 Å². The van der Waals surface area contributed by atoms with Crippen molar-refractivity contribution in [3.05, 3.63) is 64.9 Å². The number of rotatable bonds is 3. The van der Waals surface area contributed by atoms with E-state index < -0.39 is 10.0 Å². The molecule has 0 aliphatic carbocycles. The molecule has 1 saturated heterocycles. The summed E-state index contributed by atoms with van der Waals surface area (Å²) in [5.41, 5.74) is 0. The van der Waals surface area contributed by atoms with Gasteiger partial charge in [-0.15, -0.1) is 11.3 Å². The second-order valence-electron chi connectivity index (χ2n) is 5.80. The van der Waals surface area contributed by atoms with Crippen LogP contribution in [0.1, 0.15) is 23.8 Å². The van der Waals surface area contributed by atoms with E-state index in [-0.39, 0.29) is 6.04 Å². The lowest BCUT2D eigenvalue weighted by Crippen LogP contribution is -2.30. The lowest BCUT2D eigenvalue weighted by Gasteiger charge is -2.23.